The third-order valence-electron chi connectivity index (χ3n) is 6.06. The van der Waals surface area contributed by atoms with Crippen molar-refractivity contribution in [2.75, 3.05) is 0 Å². The summed E-state index contributed by atoms with van der Waals surface area (Å²) in [5.74, 6) is 0.389. The molecule has 0 fully saturated rings. The van der Waals surface area contributed by atoms with E-state index in [1.54, 1.807) is 39.9 Å². The number of nitrogens with one attached hydrogen (secondary N) is 1. The van der Waals surface area contributed by atoms with Gasteiger partial charge in [-0.1, -0.05) is 24.3 Å². The van der Waals surface area contributed by atoms with Crippen LogP contribution in [0.3, 0.4) is 0 Å². The average Bonchev–Trinajstić information content (AvgIpc) is 3.49. The number of benzene rings is 2. The van der Waals surface area contributed by atoms with Crippen LogP contribution in [0.4, 0.5) is 0 Å². The highest BCUT2D eigenvalue weighted by Crippen LogP contribution is 2.28. The summed E-state index contributed by atoms with van der Waals surface area (Å²) in [7, 11) is 0. The van der Waals surface area contributed by atoms with E-state index in [2.05, 4.69) is 44.9 Å². The Morgan fingerprint density at radius 1 is 1.19 bits per heavy atom. The predicted molar refractivity (Wildman–Crippen MR) is 137 cm³/mol. The van der Waals surface area contributed by atoms with E-state index in [0.29, 0.717) is 29.2 Å². The van der Waals surface area contributed by atoms with Crippen LogP contribution in [0, 0.1) is 24.2 Å². The molecule has 180 valence electrons. The SMILES string of the molecule is C#C.CCn1c(=O)[nH]c2nc(-n3cnc4ccc(C#N)cc43)ncc21.O[C@@H]1CCCc2ccccc21. The van der Waals surface area contributed by atoms with E-state index in [0.717, 1.165) is 35.9 Å². The number of hydrogen-bond acceptors (Lipinski definition) is 6. The minimum Gasteiger partial charge on any atom is -0.388 e. The van der Waals surface area contributed by atoms with Crippen molar-refractivity contribution in [3.63, 3.8) is 0 Å². The van der Waals surface area contributed by atoms with Gasteiger partial charge in [-0.25, -0.2) is 14.8 Å². The van der Waals surface area contributed by atoms with Crippen molar-refractivity contribution in [2.45, 2.75) is 38.8 Å². The Kier molecular flexibility index (Phi) is 7.24. The fourth-order valence-electron chi connectivity index (χ4n) is 4.33. The molecule has 2 aromatic carbocycles. The number of nitriles is 1. The van der Waals surface area contributed by atoms with Gasteiger partial charge in [0.1, 0.15) is 11.8 Å². The van der Waals surface area contributed by atoms with E-state index < -0.39 is 0 Å². The van der Waals surface area contributed by atoms with Crippen molar-refractivity contribution in [3.8, 4) is 24.9 Å². The zero-order valence-corrected chi connectivity index (χ0v) is 19.8. The molecule has 0 amide bonds. The van der Waals surface area contributed by atoms with E-state index in [9.17, 15) is 9.90 Å². The lowest BCUT2D eigenvalue weighted by atomic mass is 9.90. The van der Waals surface area contributed by atoms with E-state index in [1.807, 2.05) is 25.1 Å². The number of aryl methyl sites for hydroxylation is 2. The number of aliphatic hydroxyl groups is 1. The van der Waals surface area contributed by atoms with Crippen LogP contribution in [0.25, 0.3) is 28.1 Å². The predicted octanol–water partition coefficient (Wildman–Crippen LogP) is 3.66. The summed E-state index contributed by atoms with van der Waals surface area (Å²) in [5.41, 5.74) is 5.39. The maximum atomic E-state index is 11.8. The van der Waals surface area contributed by atoms with Gasteiger partial charge in [0.25, 0.3) is 0 Å². The monoisotopic (exact) mass is 479 g/mol. The van der Waals surface area contributed by atoms with Crippen molar-refractivity contribution < 1.29 is 5.11 Å². The minimum absolute atomic E-state index is 0.208. The molecule has 5 aromatic rings. The molecule has 0 aliphatic heterocycles. The number of H-pyrrole nitrogens is 1. The molecule has 6 rings (SSSR count). The zero-order chi connectivity index (χ0) is 25.7. The third-order valence-corrected chi connectivity index (χ3v) is 6.06. The van der Waals surface area contributed by atoms with Gasteiger partial charge in [-0.3, -0.25) is 14.1 Å². The van der Waals surface area contributed by atoms with Gasteiger partial charge in [0, 0.05) is 6.54 Å². The molecule has 9 heteroatoms. The first-order valence-electron chi connectivity index (χ1n) is 11.5. The van der Waals surface area contributed by atoms with E-state index in [4.69, 9.17) is 5.26 Å². The van der Waals surface area contributed by atoms with Crippen LogP contribution < -0.4 is 5.69 Å². The van der Waals surface area contributed by atoms with Crippen LogP contribution in [0.15, 0.2) is 59.8 Å². The Labute approximate surface area is 207 Å². The molecule has 36 heavy (non-hydrogen) atoms. The van der Waals surface area contributed by atoms with Crippen molar-refractivity contribution in [2.24, 2.45) is 0 Å². The van der Waals surface area contributed by atoms with Crippen molar-refractivity contribution in [3.05, 3.63) is 82.2 Å². The lowest BCUT2D eigenvalue weighted by molar-refractivity contribution is 0.156. The molecule has 1 atom stereocenters. The van der Waals surface area contributed by atoms with Gasteiger partial charge < -0.3 is 5.11 Å². The Morgan fingerprint density at radius 2 is 2.00 bits per heavy atom. The van der Waals surface area contributed by atoms with Gasteiger partial charge in [-0.05, 0) is 55.5 Å². The molecule has 0 radical (unpaired) electrons. The van der Waals surface area contributed by atoms with Crippen LogP contribution in [-0.4, -0.2) is 34.2 Å². The van der Waals surface area contributed by atoms with E-state index in [-0.39, 0.29) is 11.8 Å². The first kappa shape index (κ1) is 24.4. The molecule has 0 saturated heterocycles. The number of aliphatic hydroxyl groups excluding tert-OH is 1. The smallest absolute Gasteiger partial charge is 0.327 e. The molecule has 2 N–H and O–H groups in total. The first-order chi connectivity index (χ1) is 17.6. The van der Waals surface area contributed by atoms with Gasteiger partial charge in [0.2, 0.25) is 5.95 Å². The molecule has 9 nitrogen and oxygen atoms in total. The highest BCUT2D eigenvalue weighted by atomic mass is 16.3. The summed E-state index contributed by atoms with van der Waals surface area (Å²) >= 11 is 0. The number of terminal acetylenes is 1. The summed E-state index contributed by atoms with van der Waals surface area (Å²) in [6.07, 6.45) is 14.2. The van der Waals surface area contributed by atoms with Crippen molar-refractivity contribution in [1.29, 1.82) is 5.26 Å². The lowest BCUT2D eigenvalue weighted by Gasteiger charge is -2.20. The molecule has 3 heterocycles. The number of aromatic nitrogens is 6. The number of rotatable bonds is 2. The molecule has 0 unspecified atom stereocenters. The minimum atomic E-state index is -0.212. The third kappa shape index (κ3) is 4.61. The quantitative estimate of drug-likeness (QED) is 0.372. The second kappa shape index (κ2) is 10.7. The van der Waals surface area contributed by atoms with Crippen molar-refractivity contribution in [1.82, 2.24) is 29.1 Å². The summed E-state index contributed by atoms with van der Waals surface area (Å²) in [5, 5.41) is 18.6. The molecule has 1 aliphatic carbocycles. The number of imidazole rings is 2. The van der Waals surface area contributed by atoms with E-state index >= 15 is 0 Å². The average molecular weight is 480 g/mol. The van der Waals surface area contributed by atoms with Gasteiger partial charge in [-0.2, -0.15) is 10.2 Å². The standard InChI is InChI=1S/C15H11N7O.C10H12O.C2H2/c1-2-21-12-7-17-14(19-13(12)20-15(21)23)22-8-18-10-4-3-9(6-16)5-11(10)22;11-10-7-3-5-8-4-1-2-6-9(8)10;1-2/h3-5,7-8H,2H2,1H3,(H,17,19,20,23);1-2,4,6,10-11H,3,5,7H2;1-2H/t;10-;/m.1./s1. The Hall–Kier alpha value is -4.73. The molecule has 1 aliphatic rings. The Morgan fingerprint density at radius 3 is 2.75 bits per heavy atom. The second-order valence-electron chi connectivity index (χ2n) is 8.11. The summed E-state index contributed by atoms with van der Waals surface area (Å²) < 4.78 is 3.26. The fraction of sp³-hybridized carbons (Fsp3) is 0.222. The Balaban J connectivity index is 0.000000196. The largest absolute Gasteiger partial charge is 0.388 e. The topological polar surface area (TPSA) is 125 Å². The van der Waals surface area contributed by atoms with Crippen LogP contribution in [0.2, 0.25) is 0 Å². The van der Waals surface area contributed by atoms with Crippen LogP contribution >= 0.6 is 0 Å². The van der Waals surface area contributed by atoms with Gasteiger partial charge in [0.05, 0.1) is 35.0 Å². The molecular weight excluding hydrogens is 454 g/mol. The van der Waals surface area contributed by atoms with Crippen LogP contribution in [-0.2, 0) is 13.0 Å². The molecule has 0 bridgehead atoms. The van der Waals surface area contributed by atoms with Crippen molar-refractivity contribution >= 4 is 22.2 Å². The number of aromatic amines is 1. The summed E-state index contributed by atoms with van der Waals surface area (Å²) in [6, 6.07) is 15.5. The summed E-state index contributed by atoms with van der Waals surface area (Å²) in [4.78, 5) is 27.6. The summed E-state index contributed by atoms with van der Waals surface area (Å²) in [6.45, 7) is 2.43. The maximum Gasteiger partial charge on any atom is 0.327 e. The van der Waals surface area contributed by atoms with Crippen LogP contribution in [0.1, 0.15) is 42.6 Å². The fourth-order valence-corrected chi connectivity index (χ4v) is 4.33. The van der Waals surface area contributed by atoms with Crippen LogP contribution in [0.5, 0.6) is 0 Å². The molecule has 3 aromatic heterocycles. The number of fused-ring (bicyclic) bond motifs is 3. The number of hydrogen-bond donors (Lipinski definition) is 2. The lowest BCUT2D eigenvalue weighted by Crippen LogP contribution is -2.14. The van der Waals surface area contributed by atoms with Gasteiger partial charge in [0.15, 0.2) is 5.65 Å². The highest BCUT2D eigenvalue weighted by Gasteiger charge is 2.16. The second-order valence-corrected chi connectivity index (χ2v) is 8.11. The van der Waals surface area contributed by atoms with Gasteiger partial charge >= 0.3 is 5.69 Å². The molecule has 0 saturated carbocycles. The molecule has 0 spiro atoms. The Bertz CT molecular complexity index is 1640. The highest BCUT2D eigenvalue weighted by molar-refractivity contribution is 5.79. The zero-order valence-electron chi connectivity index (χ0n) is 19.8. The first-order valence-corrected chi connectivity index (χ1v) is 11.5. The van der Waals surface area contributed by atoms with Gasteiger partial charge in [-0.15, -0.1) is 12.8 Å². The molecular formula is C27H25N7O2. The van der Waals surface area contributed by atoms with E-state index in [1.165, 1.54) is 5.56 Å². The normalized spacial score (nSPS) is 14.1. The maximum absolute atomic E-state index is 11.8. The number of nitrogens with zero attached hydrogens (tertiary/aromatic N) is 6.